The molecule has 0 N–H and O–H groups in total. The molecular weight excluding hydrogens is 228 g/mol. The van der Waals surface area contributed by atoms with Crippen LogP contribution in [0.15, 0.2) is 48.7 Å². The second-order valence-corrected chi connectivity index (χ2v) is 3.92. The fourth-order valence-electron chi connectivity index (χ4n) is 1.60. The number of aryl methyl sites for hydroxylation is 1. The van der Waals surface area contributed by atoms with E-state index in [1.54, 1.807) is 12.1 Å². The Hall–Kier alpha value is -2.49. The predicted octanol–water partition coefficient (Wildman–Crippen LogP) is 2.59. The summed E-state index contributed by atoms with van der Waals surface area (Å²) in [6.45, 7) is 0. The van der Waals surface area contributed by atoms with Crippen molar-refractivity contribution in [3.8, 4) is 0 Å². The molecule has 0 spiro atoms. The normalized spacial score (nSPS) is 10.7. The smallest absolute Gasteiger partial charge is 0.258 e. The molecule has 1 aromatic carbocycles. The first-order chi connectivity index (χ1) is 8.66. The average molecular weight is 241 g/mol. The van der Waals surface area contributed by atoms with Gasteiger partial charge in [0.1, 0.15) is 7.05 Å². The van der Waals surface area contributed by atoms with E-state index < -0.39 is 4.92 Å². The monoisotopic (exact) mass is 241 g/mol. The first-order valence-electron chi connectivity index (χ1n) is 5.54. The van der Waals surface area contributed by atoms with Crippen molar-refractivity contribution >= 4 is 17.8 Å². The van der Waals surface area contributed by atoms with Gasteiger partial charge in [-0.15, -0.1) is 0 Å². The van der Waals surface area contributed by atoms with E-state index in [4.69, 9.17) is 0 Å². The van der Waals surface area contributed by atoms with E-state index in [-0.39, 0.29) is 5.69 Å². The zero-order chi connectivity index (χ0) is 13.0. The van der Waals surface area contributed by atoms with Crippen LogP contribution in [-0.4, -0.2) is 4.92 Å². The van der Waals surface area contributed by atoms with Gasteiger partial charge >= 0.3 is 0 Å². The predicted molar refractivity (Wildman–Crippen MR) is 69.6 cm³/mol. The highest BCUT2D eigenvalue weighted by Crippen LogP contribution is 2.13. The second kappa shape index (κ2) is 5.23. The van der Waals surface area contributed by atoms with E-state index in [1.165, 1.54) is 12.1 Å². The minimum absolute atomic E-state index is 0.109. The molecule has 1 aromatic heterocycles. The van der Waals surface area contributed by atoms with Crippen LogP contribution < -0.4 is 4.57 Å². The summed E-state index contributed by atoms with van der Waals surface area (Å²) >= 11 is 0. The standard InChI is InChI=1S/C14H13N2O2/c1-15-11-3-2-4-13(15)8-5-12-6-9-14(10-7-12)16(17)18/h2-11H,1H3/q+1/b8-5+. The van der Waals surface area contributed by atoms with Gasteiger partial charge in [0.15, 0.2) is 6.20 Å². The van der Waals surface area contributed by atoms with E-state index in [1.807, 2.05) is 48.2 Å². The van der Waals surface area contributed by atoms with Crippen LogP contribution in [0.3, 0.4) is 0 Å². The third-order valence-corrected chi connectivity index (χ3v) is 2.65. The number of nitrogens with zero attached hydrogens (tertiary/aromatic N) is 2. The maximum absolute atomic E-state index is 10.5. The van der Waals surface area contributed by atoms with Crippen molar-refractivity contribution in [2.45, 2.75) is 0 Å². The summed E-state index contributed by atoms with van der Waals surface area (Å²) in [6.07, 6.45) is 5.87. The number of aromatic nitrogens is 1. The Bertz CT molecular complexity index is 589. The van der Waals surface area contributed by atoms with Crippen molar-refractivity contribution in [3.63, 3.8) is 0 Å². The molecule has 0 bridgehead atoms. The molecule has 0 fully saturated rings. The summed E-state index contributed by atoms with van der Waals surface area (Å²) < 4.78 is 2.00. The lowest BCUT2D eigenvalue weighted by Crippen LogP contribution is -2.30. The molecule has 2 rings (SSSR count). The summed E-state index contributed by atoms with van der Waals surface area (Å²) in [7, 11) is 1.97. The van der Waals surface area contributed by atoms with Gasteiger partial charge in [-0.2, -0.15) is 0 Å². The van der Waals surface area contributed by atoms with Gasteiger partial charge in [-0.3, -0.25) is 10.1 Å². The van der Waals surface area contributed by atoms with E-state index >= 15 is 0 Å². The molecule has 90 valence electrons. The van der Waals surface area contributed by atoms with Gasteiger partial charge in [-0.25, -0.2) is 4.57 Å². The van der Waals surface area contributed by atoms with Gasteiger partial charge in [0.05, 0.1) is 4.92 Å². The quantitative estimate of drug-likeness (QED) is 0.471. The molecule has 0 saturated carbocycles. The lowest BCUT2D eigenvalue weighted by Gasteiger charge is -1.94. The topological polar surface area (TPSA) is 47.0 Å². The molecule has 0 saturated heterocycles. The van der Waals surface area contributed by atoms with Crippen LogP contribution >= 0.6 is 0 Å². The highest BCUT2D eigenvalue weighted by Gasteiger charge is 2.03. The van der Waals surface area contributed by atoms with Crippen molar-refractivity contribution in [2.24, 2.45) is 7.05 Å². The fourth-order valence-corrected chi connectivity index (χ4v) is 1.60. The fraction of sp³-hybridized carbons (Fsp3) is 0.0714. The largest absolute Gasteiger partial charge is 0.269 e. The van der Waals surface area contributed by atoms with Gasteiger partial charge in [0.25, 0.3) is 5.69 Å². The molecule has 4 heteroatoms. The van der Waals surface area contributed by atoms with Gasteiger partial charge in [-0.05, 0) is 29.8 Å². The zero-order valence-electron chi connectivity index (χ0n) is 9.98. The Morgan fingerprint density at radius 2 is 1.83 bits per heavy atom. The third-order valence-electron chi connectivity index (χ3n) is 2.65. The highest BCUT2D eigenvalue weighted by atomic mass is 16.6. The van der Waals surface area contributed by atoms with Crippen LogP contribution in [0.4, 0.5) is 5.69 Å². The lowest BCUT2D eigenvalue weighted by molar-refractivity contribution is -0.673. The SMILES string of the molecule is C[n+]1ccccc1/C=C/c1ccc([N+](=O)[O-])cc1. The maximum Gasteiger partial charge on any atom is 0.269 e. The van der Waals surface area contributed by atoms with E-state index in [9.17, 15) is 10.1 Å². The van der Waals surface area contributed by atoms with Crippen LogP contribution in [0.2, 0.25) is 0 Å². The Morgan fingerprint density at radius 1 is 1.11 bits per heavy atom. The first kappa shape index (κ1) is 12.0. The van der Waals surface area contributed by atoms with Crippen molar-refractivity contribution in [1.82, 2.24) is 0 Å². The maximum atomic E-state index is 10.5. The van der Waals surface area contributed by atoms with Crippen LogP contribution in [0, 0.1) is 10.1 Å². The minimum Gasteiger partial charge on any atom is -0.258 e. The summed E-state index contributed by atoms with van der Waals surface area (Å²) in [5, 5.41) is 10.5. The van der Waals surface area contributed by atoms with Crippen LogP contribution in [0.25, 0.3) is 12.2 Å². The van der Waals surface area contributed by atoms with Crippen molar-refractivity contribution in [2.75, 3.05) is 0 Å². The Morgan fingerprint density at radius 3 is 2.44 bits per heavy atom. The lowest BCUT2D eigenvalue weighted by atomic mass is 10.2. The van der Waals surface area contributed by atoms with Gasteiger partial charge in [0, 0.05) is 30.3 Å². The number of non-ortho nitro benzene ring substituents is 1. The number of rotatable bonds is 3. The molecule has 0 amide bonds. The summed E-state index contributed by atoms with van der Waals surface area (Å²) in [4.78, 5) is 10.1. The molecule has 18 heavy (non-hydrogen) atoms. The third kappa shape index (κ3) is 2.79. The Kier molecular flexibility index (Phi) is 3.48. The van der Waals surface area contributed by atoms with Gasteiger partial charge in [-0.1, -0.05) is 0 Å². The van der Waals surface area contributed by atoms with Gasteiger partial charge < -0.3 is 0 Å². The van der Waals surface area contributed by atoms with E-state index in [0.29, 0.717) is 0 Å². The zero-order valence-corrected chi connectivity index (χ0v) is 9.98. The number of nitro groups is 1. The number of nitro benzene ring substituents is 1. The Labute approximate surface area is 105 Å². The molecule has 0 radical (unpaired) electrons. The average Bonchev–Trinajstić information content (AvgIpc) is 2.38. The number of hydrogen-bond acceptors (Lipinski definition) is 2. The molecule has 4 nitrogen and oxygen atoms in total. The molecule has 0 aliphatic carbocycles. The summed E-state index contributed by atoms with van der Waals surface area (Å²) in [6, 6.07) is 12.4. The van der Waals surface area contributed by atoms with Crippen LogP contribution in [0.5, 0.6) is 0 Å². The summed E-state index contributed by atoms with van der Waals surface area (Å²) in [5.41, 5.74) is 2.11. The molecule has 0 atom stereocenters. The van der Waals surface area contributed by atoms with E-state index in [2.05, 4.69) is 0 Å². The molecule has 2 aromatic rings. The summed E-state index contributed by atoms with van der Waals surface area (Å²) in [5.74, 6) is 0. The minimum atomic E-state index is -0.398. The molecule has 1 heterocycles. The first-order valence-corrected chi connectivity index (χ1v) is 5.54. The molecule has 0 aliphatic rings. The van der Waals surface area contributed by atoms with Crippen molar-refractivity contribution < 1.29 is 9.49 Å². The molecule has 0 aliphatic heterocycles. The van der Waals surface area contributed by atoms with Crippen molar-refractivity contribution in [3.05, 3.63) is 70.0 Å². The number of benzene rings is 1. The molecular formula is C14H13N2O2+. The second-order valence-electron chi connectivity index (χ2n) is 3.92. The number of pyridine rings is 1. The Balaban J connectivity index is 2.19. The van der Waals surface area contributed by atoms with Crippen molar-refractivity contribution in [1.29, 1.82) is 0 Å². The van der Waals surface area contributed by atoms with E-state index in [0.717, 1.165) is 11.3 Å². The van der Waals surface area contributed by atoms with Gasteiger partial charge in [0.2, 0.25) is 5.69 Å². The highest BCUT2D eigenvalue weighted by molar-refractivity contribution is 5.67. The van der Waals surface area contributed by atoms with Crippen LogP contribution in [-0.2, 0) is 7.05 Å². The van der Waals surface area contributed by atoms with Crippen LogP contribution in [0.1, 0.15) is 11.3 Å². The molecule has 0 unspecified atom stereocenters. The number of hydrogen-bond donors (Lipinski definition) is 0.